The fraction of sp³-hybridized carbons (Fsp3) is 0. The van der Waals surface area contributed by atoms with Gasteiger partial charge in [0.15, 0.2) is 0 Å². The van der Waals surface area contributed by atoms with E-state index in [2.05, 4.69) is 0 Å². The van der Waals surface area contributed by atoms with Crippen molar-refractivity contribution in [2.45, 2.75) is 4.90 Å². The van der Waals surface area contributed by atoms with Crippen LogP contribution in [0, 0.1) is 0 Å². The van der Waals surface area contributed by atoms with Crippen LogP contribution in [0.1, 0.15) is 0 Å². The molecule has 1 radical (unpaired) electrons. The summed E-state index contributed by atoms with van der Waals surface area (Å²) in [5, 5.41) is 8.90. The average Bonchev–Trinajstić information content (AvgIpc) is 1.88. The number of hydrogen-bond donors (Lipinski definition) is 0. The van der Waals surface area contributed by atoms with Crippen molar-refractivity contribution in [1.82, 2.24) is 0 Å². The second-order valence-electron chi connectivity index (χ2n) is 1.67. The van der Waals surface area contributed by atoms with Crippen molar-refractivity contribution in [2.75, 3.05) is 0 Å². The average molecular weight is 153 g/mol. The Morgan fingerprint density at radius 2 is 1.80 bits per heavy atom. The van der Waals surface area contributed by atoms with E-state index in [0.717, 1.165) is 0 Å². The monoisotopic (exact) mass is 153 g/mol. The number of thioether (sulfide) groups is 1. The van der Waals surface area contributed by atoms with Crippen molar-refractivity contribution in [3.05, 3.63) is 30.3 Å². The van der Waals surface area contributed by atoms with Crippen LogP contribution in [-0.4, -0.2) is 5.30 Å². The zero-order valence-corrected chi connectivity index (χ0v) is 5.93. The summed E-state index contributed by atoms with van der Waals surface area (Å²) in [6, 6.07) is 8.84. The third-order valence-corrected chi connectivity index (χ3v) is 1.62. The summed E-state index contributed by atoms with van der Waals surface area (Å²) < 4.78 is 0. The van der Waals surface area contributed by atoms with Crippen molar-refractivity contribution < 1.29 is 9.90 Å². The molecule has 3 heteroatoms. The van der Waals surface area contributed by atoms with Crippen LogP contribution in [0.3, 0.4) is 0 Å². The molecule has 0 amide bonds. The molecule has 2 nitrogen and oxygen atoms in total. The first-order valence-electron chi connectivity index (χ1n) is 2.73. The normalized spacial score (nSPS) is 9.20. The van der Waals surface area contributed by atoms with Gasteiger partial charge in [0, 0.05) is 4.90 Å². The Bertz CT molecular complexity index is 220. The first-order chi connectivity index (χ1) is 4.79. The van der Waals surface area contributed by atoms with Crippen LogP contribution in [0.15, 0.2) is 35.2 Å². The minimum Gasteiger partial charge on any atom is -0.234 e. The second-order valence-corrected chi connectivity index (χ2v) is 2.67. The maximum absolute atomic E-state index is 10.0. The summed E-state index contributed by atoms with van der Waals surface area (Å²) in [6.45, 7) is 0. The molecule has 0 heterocycles. The summed E-state index contributed by atoms with van der Waals surface area (Å²) in [7, 11) is 0. The van der Waals surface area contributed by atoms with Gasteiger partial charge in [0.1, 0.15) is 0 Å². The van der Waals surface area contributed by atoms with Crippen molar-refractivity contribution in [3.8, 4) is 0 Å². The van der Waals surface area contributed by atoms with E-state index >= 15 is 0 Å². The molecule has 51 valence electrons. The van der Waals surface area contributed by atoms with E-state index in [0.29, 0.717) is 16.7 Å². The van der Waals surface area contributed by atoms with Gasteiger partial charge in [-0.1, -0.05) is 18.2 Å². The fourth-order valence-corrected chi connectivity index (χ4v) is 1.07. The third kappa shape index (κ3) is 2.11. The first kappa shape index (κ1) is 7.15. The summed E-state index contributed by atoms with van der Waals surface area (Å²) in [5.41, 5.74) is 0. The van der Waals surface area contributed by atoms with Crippen molar-refractivity contribution >= 4 is 17.1 Å². The van der Waals surface area contributed by atoms with Crippen LogP contribution < -0.4 is 0 Å². The predicted molar refractivity (Wildman–Crippen MR) is 38.4 cm³/mol. The third-order valence-electron chi connectivity index (χ3n) is 0.944. The van der Waals surface area contributed by atoms with E-state index in [1.54, 1.807) is 24.3 Å². The Balaban J connectivity index is 2.67. The molecule has 0 aliphatic heterocycles. The number of benzene rings is 1. The lowest BCUT2D eigenvalue weighted by Crippen LogP contribution is -1.78. The lowest BCUT2D eigenvalue weighted by molar-refractivity contribution is 0.199. The van der Waals surface area contributed by atoms with Gasteiger partial charge in [-0.2, -0.15) is 0 Å². The predicted octanol–water partition coefficient (Wildman–Crippen LogP) is 2.33. The van der Waals surface area contributed by atoms with Crippen LogP contribution in [0.2, 0.25) is 0 Å². The molecule has 0 aliphatic rings. The highest BCUT2D eigenvalue weighted by Crippen LogP contribution is 2.16. The van der Waals surface area contributed by atoms with Crippen LogP contribution in [0.5, 0.6) is 0 Å². The molecule has 10 heavy (non-hydrogen) atoms. The van der Waals surface area contributed by atoms with Gasteiger partial charge in [-0.15, -0.1) is 0 Å². The molecular weight excluding hydrogens is 148 g/mol. The van der Waals surface area contributed by atoms with E-state index in [-0.39, 0.29) is 0 Å². The summed E-state index contributed by atoms with van der Waals surface area (Å²) in [4.78, 5) is 10.7. The van der Waals surface area contributed by atoms with Gasteiger partial charge in [-0.3, -0.25) is 0 Å². The van der Waals surface area contributed by atoms with Crippen LogP contribution in [0.25, 0.3) is 0 Å². The van der Waals surface area contributed by atoms with Crippen LogP contribution >= 0.6 is 11.8 Å². The SMILES string of the molecule is [O]C(=O)Sc1ccccc1. The Morgan fingerprint density at radius 3 is 2.30 bits per heavy atom. The standard InChI is InChI=1S/C7H5O2S/c8-7(9)10-6-4-2-1-3-5-6/h1-5H. The molecule has 0 saturated carbocycles. The second kappa shape index (κ2) is 3.27. The first-order valence-corrected chi connectivity index (χ1v) is 3.54. The maximum atomic E-state index is 10.0. The van der Waals surface area contributed by atoms with Gasteiger partial charge >= 0.3 is 5.30 Å². The number of carbonyl (C=O) groups is 1. The molecule has 0 spiro atoms. The number of carbonyl (C=O) groups excluding carboxylic acids is 1. The minimum atomic E-state index is -1.12. The summed E-state index contributed by atoms with van der Waals surface area (Å²) in [5.74, 6) is 0. The molecule has 0 saturated heterocycles. The van der Waals surface area contributed by atoms with E-state index in [1.807, 2.05) is 6.07 Å². The van der Waals surface area contributed by atoms with E-state index in [9.17, 15) is 9.90 Å². The van der Waals surface area contributed by atoms with Crippen LogP contribution in [0.4, 0.5) is 4.79 Å². The molecule has 0 N–H and O–H groups in total. The number of rotatable bonds is 1. The molecule has 0 atom stereocenters. The minimum absolute atomic E-state index is 0.697. The van der Waals surface area contributed by atoms with Gasteiger partial charge in [-0.05, 0) is 23.9 Å². The van der Waals surface area contributed by atoms with E-state index < -0.39 is 5.30 Å². The molecule has 0 fully saturated rings. The molecule has 1 rings (SSSR count). The molecule has 0 aliphatic carbocycles. The van der Waals surface area contributed by atoms with Gasteiger partial charge in [0.2, 0.25) is 0 Å². The molecular formula is C7H5O2S. The summed E-state index contributed by atoms with van der Waals surface area (Å²) >= 11 is 0.704. The molecule has 1 aromatic carbocycles. The number of hydrogen-bond acceptors (Lipinski definition) is 2. The lowest BCUT2D eigenvalue weighted by atomic mass is 10.4. The quantitative estimate of drug-likeness (QED) is 0.580. The zero-order valence-electron chi connectivity index (χ0n) is 5.11. The largest absolute Gasteiger partial charge is 0.418 e. The van der Waals surface area contributed by atoms with Crippen molar-refractivity contribution in [1.29, 1.82) is 0 Å². The maximum Gasteiger partial charge on any atom is 0.418 e. The van der Waals surface area contributed by atoms with Gasteiger partial charge in [0.25, 0.3) is 0 Å². The lowest BCUT2D eigenvalue weighted by Gasteiger charge is -1.89. The fourth-order valence-electron chi connectivity index (χ4n) is 0.585. The Morgan fingerprint density at radius 1 is 1.20 bits per heavy atom. The molecule has 1 aromatic rings. The van der Waals surface area contributed by atoms with Gasteiger partial charge in [-0.25, -0.2) is 9.90 Å². The van der Waals surface area contributed by atoms with E-state index in [4.69, 9.17) is 0 Å². The zero-order chi connectivity index (χ0) is 7.40. The molecule has 0 unspecified atom stereocenters. The Labute approximate surface area is 62.9 Å². The summed E-state index contributed by atoms with van der Waals surface area (Å²) in [6.07, 6.45) is 0. The molecule has 0 bridgehead atoms. The van der Waals surface area contributed by atoms with Crippen molar-refractivity contribution in [3.63, 3.8) is 0 Å². The Kier molecular flexibility index (Phi) is 2.34. The van der Waals surface area contributed by atoms with Gasteiger partial charge < -0.3 is 0 Å². The molecule has 0 aromatic heterocycles. The van der Waals surface area contributed by atoms with Crippen LogP contribution in [-0.2, 0) is 5.11 Å². The Hall–Kier alpha value is -0.960. The van der Waals surface area contributed by atoms with E-state index in [1.165, 1.54) is 0 Å². The smallest absolute Gasteiger partial charge is 0.234 e. The highest BCUT2D eigenvalue weighted by molar-refractivity contribution is 8.13. The topological polar surface area (TPSA) is 37.0 Å². The highest BCUT2D eigenvalue weighted by atomic mass is 32.2. The highest BCUT2D eigenvalue weighted by Gasteiger charge is 2.00. The van der Waals surface area contributed by atoms with Crippen molar-refractivity contribution in [2.24, 2.45) is 0 Å². The van der Waals surface area contributed by atoms with Gasteiger partial charge in [0.05, 0.1) is 0 Å².